The first kappa shape index (κ1) is 15.0. The maximum Gasteiger partial charge on any atom is 0.149 e. The second-order valence-corrected chi connectivity index (χ2v) is 5.55. The van der Waals surface area contributed by atoms with E-state index in [4.69, 9.17) is 4.74 Å². The van der Waals surface area contributed by atoms with E-state index in [1.807, 2.05) is 19.1 Å². The van der Waals surface area contributed by atoms with Crippen LogP contribution in [0.1, 0.15) is 17.1 Å². The van der Waals surface area contributed by atoms with E-state index in [0.29, 0.717) is 0 Å². The molecule has 0 saturated carbocycles. The molecule has 0 aliphatic carbocycles. The fourth-order valence-corrected chi connectivity index (χ4v) is 2.80. The summed E-state index contributed by atoms with van der Waals surface area (Å²) >= 11 is 1.65. The van der Waals surface area contributed by atoms with Gasteiger partial charge in [-0.2, -0.15) is 0 Å². The quantitative estimate of drug-likeness (QED) is 0.755. The Hall–Kier alpha value is -1.37. The number of aromatic nitrogens is 3. The van der Waals surface area contributed by atoms with Gasteiger partial charge in [0.2, 0.25) is 0 Å². The molecule has 0 aromatic carbocycles. The van der Waals surface area contributed by atoms with Crippen molar-refractivity contribution in [1.82, 2.24) is 20.5 Å². The van der Waals surface area contributed by atoms with Crippen LogP contribution in [0.3, 0.4) is 0 Å². The van der Waals surface area contributed by atoms with E-state index in [2.05, 4.69) is 20.5 Å². The molecule has 0 bridgehead atoms. The summed E-state index contributed by atoms with van der Waals surface area (Å²) in [6.45, 7) is 4.62. The molecule has 0 amide bonds. The van der Waals surface area contributed by atoms with Crippen molar-refractivity contribution in [2.75, 3.05) is 26.8 Å². The maximum absolute atomic E-state index is 4.98. The fraction of sp³-hybridized carbons (Fsp3) is 0.500. The minimum absolute atomic E-state index is 0.753. The van der Waals surface area contributed by atoms with Crippen LogP contribution in [0.2, 0.25) is 0 Å². The fourth-order valence-electron chi connectivity index (χ4n) is 1.84. The predicted molar refractivity (Wildman–Crippen MR) is 80.9 cm³/mol. The maximum atomic E-state index is 4.98. The van der Waals surface area contributed by atoms with E-state index in [1.165, 1.54) is 0 Å². The smallest absolute Gasteiger partial charge is 0.149 e. The molecular formula is C14H20N4OS. The van der Waals surface area contributed by atoms with E-state index < -0.39 is 0 Å². The molecule has 0 fully saturated rings. The van der Waals surface area contributed by atoms with Crippen molar-refractivity contribution in [3.05, 3.63) is 29.0 Å². The van der Waals surface area contributed by atoms with Crippen LogP contribution < -0.4 is 5.32 Å². The third kappa shape index (κ3) is 4.33. The van der Waals surface area contributed by atoms with Crippen molar-refractivity contribution < 1.29 is 4.74 Å². The van der Waals surface area contributed by atoms with Gasteiger partial charge in [-0.3, -0.25) is 4.98 Å². The first-order valence-electron chi connectivity index (χ1n) is 6.75. The Labute approximate surface area is 123 Å². The average molecular weight is 292 g/mol. The van der Waals surface area contributed by atoms with E-state index in [0.717, 1.165) is 53.8 Å². The van der Waals surface area contributed by atoms with E-state index in [-0.39, 0.29) is 0 Å². The summed E-state index contributed by atoms with van der Waals surface area (Å²) in [7, 11) is 1.71. The van der Waals surface area contributed by atoms with Crippen LogP contribution in [-0.4, -0.2) is 42.0 Å². The van der Waals surface area contributed by atoms with Gasteiger partial charge in [0, 0.05) is 37.5 Å². The zero-order valence-electron chi connectivity index (χ0n) is 11.9. The van der Waals surface area contributed by atoms with Gasteiger partial charge in [-0.25, -0.2) is 0 Å². The number of nitrogens with one attached hydrogen (secondary N) is 1. The molecule has 0 radical (unpaired) electrons. The summed E-state index contributed by atoms with van der Waals surface area (Å²) in [5.74, 6) is 0. The number of nitrogens with zero attached hydrogens (tertiary/aromatic N) is 3. The van der Waals surface area contributed by atoms with E-state index in [9.17, 15) is 0 Å². The Balaban J connectivity index is 1.82. The van der Waals surface area contributed by atoms with Crippen LogP contribution >= 0.6 is 11.3 Å². The molecule has 0 atom stereocenters. The highest BCUT2D eigenvalue weighted by Gasteiger charge is 2.08. The second-order valence-electron chi connectivity index (χ2n) is 4.48. The number of aryl methyl sites for hydroxylation is 2. The highest BCUT2D eigenvalue weighted by atomic mass is 32.1. The molecule has 2 rings (SSSR count). The SMILES string of the molecule is COCCNCCCc1nnc(-c2cccnc2C)s1. The zero-order valence-corrected chi connectivity index (χ0v) is 12.7. The van der Waals surface area contributed by atoms with Crippen molar-refractivity contribution in [2.24, 2.45) is 0 Å². The average Bonchev–Trinajstić information content (AvgIpc) is 2.92. The van der Waals surface area contributed by atoms with Gasteiger partial charge in [0.1, 0.15) is 10.0 Å². The molecule has 2 aromatic heterocycles. The Morgan fingerprint density at radius 2 is 2.20 bits per heavy atom. The first-order chi connectivity index (χ1) is 9.81. The van der Waals surface area contributed by atoms with Crippen LogP contribution in [0.25, 0.3) is 10.6 Å². The highest BCUT2D eigenvalue weighted by Crippen LogP contribution is 2.25. The summed E-state index contributed by atoms with van der Waals surface area (Å²) in [4.78, 5) is 4.29. The third-order valence-corrected chi connectivity index (χ3v) is 3.95. The number of hydrogen-bond acceptors (Lipinski definition) is 6. The monoisotopic (exact) mass is 292 g/mol. The largest absolute Gasteiger partial charge is 0.383 e. The number of hydrogen-bond donors (Lipinski definition) is 1. The van der Waals surface area contributed by atoms with Crippen LogP contribution in [0.15, 0.2) is 18.3 Å². The molecule has 0 aliphatic heterocycles. The molecule has 2 heterocycles. The summed E-state index contributed by atoms with van der Waals surface area (Å²) in [6.07, 6.45) is 3.81. The Morgan fingerprint density at radius 3 is 3.00 bits per heavy atom. The van der Waals surface area contributed by atoms with Crippen LogP contribution in [-0.2, 0) is 11.2 Å². The normalized spacial score (nSPS) is 10.9. The zero-order chi connectivity index (χ0) is 14.2. The Kier molecular flexibility index (Phi) is 6.04. The predicted octanol–water partition coefficient (Wildman–Crippen LogP) is 2.08. The minimum Gasteiger partial charge on any atom is -0.383 e. The molecule has 6 heteroatoms. The first-order valence-corrected chi connectivity index (χ1v) is 7.57. The van der Waals surface area contributed by atoms with E-state index in [1.54, 1.807) is 24.6 Å². The summed E-state index contributed by atoms with van der Waals surface area (Å²) < 4.78 is 4.98. The molecular weight excluding hydrogens is 272 g/mol. The Bertz CT molecular complexity index is 529. The highest BCUT2D eigenvalue weighted by molar-refractivity contribution is 7.14. The van der Waals surface area contributed by atoms with Crippen LogP contribution in [0.4, 0.5) is 0 Å². The van der Waals surface area contributed by atoms with Gasteiger partial charge in [-0.05, 0) is 32.0 Å². The van der Waals surface area contributed by atoms with Crippen LogP contribution in [0.5, 0.6) is 0 Å². The summed E-state index contributed by atoms with van der Waals surface area (Å²) in [6, 6.07) is 3.97. The van der Waals surface area contributed by atoms with Crippen molar-refractivity contribution in [1.29, 1.82) is 0 Å². The van der Waals surface area contributed by atoms with Crippen molar-refractivity contribution in [3.8, 4) is 10.6 Å². The Morgan fingerprint density at radius 1 is 1.30 bits per heavy atom. The van der Waals surface area contributed by atoms with Gasteiger partial charge in [-0.1, -0.05) is 11.3 Å². The molecule has 0 aliphatic rings. The van der Waals surface area contributed by atoms with E-state index >= 15 is 0 Å². The topological polar surface area (TPSA) is 59.9 Å². The standard InChI is InChI=1S/C14H20N4OS/c1-11-12(5-3-8-16-11)14-18-17-13(20-14)6-4-7-15-9-10-19-2/h3,5,8,15H,4,6-7,9-10H2,1-2H3. The van der Waals surface area contributed by atoms with Gasteiger partial charge in [-0.15, -0.1) is 10.2 Å². The molecule has 20 heavy (non-hydrogen) atoms. The number of rotatable bonds is 8. The minimum atomic E-state index is 0.753. The summed E-state index contributed by atoms with van der Waals surface area (Å²) in [5, 5.41) is 13.9. The van der Waals surface area contributed by atoms with Gasteiger partial charge < -0.3 is 10.1 Å². The lowest BCUT2D eigenvalue weighted by atomic mass is 10.2. The second kappa shape index (κ2) is 8.04. The molecule has 108 valence electrons. The van der Waals surface area contributed by atoms with Gasteiger partial charge >= 0.3 is 0 Å². The molecule has 1 N–H and O–H groups in total. The molecule has 2 aromatic rings. The molecule has 5 nitrogen and oxygen atoms in total. The van der Waals surface area contributed by atoms with Gasteiger partial charge in [0.25, 0.3) is 0 Å². The lowest BCUT2D eigenvalue weighted by Gasteiger charge is -2.01. The van der Waals surface area contributed by atoms with Crippen molar-refractivity contribution >= 4 is 11.3 Å². The number of methoxy groups -OCH3 is 1. The van der Waals surface area contributed by atoms with Crippen molar-refractivity contribution in [2.45, 2.75) is 19.8 Å². The van der Waals surface area contributed by atoms with Crippen molar-refractivity contribution in [3.63, 3.8) is 0 Å². The molecule has 0 spiro atoms. The summed E-state index contributed by atoms with van der Waals surface area (Å²) in [5.41, 5.74) is 2.07. The number of pyridine rings is 1. The van der Waals surface area contributed by atoms with Crippen LogP contribution in [0, 0.1) is 6.92 Å². The lowest BCUT2D eigenvalue weighted by Crippen LogP contribution is -2.20. The molecule has 0 unspecified atom stereocenters. The third-order valence-electron chi connectivity index (χ3n) is 2.93. The number of ether oxygens (including phenoxy) is 1. The van der Waals surface area contributed by atoms with Gasteiger partial charge in [0.15, 0.2) is 0 Å². The molecule has 0 saturated heterocycles. The lowest BCUT2D eigenvalue weighted by molar-refractivity contribution is 0.199. The van der Waals surface area contributed by atoms with Gasteiger partial charge in [0.05, 0.1) is 6.61 Å².